The number of aryl methyl sites for hydroxylation is 1. The number of aromatic carboxylic acids is 1. The van der Waals surface area contributed by atoms with Crippen LogP contribution in [0.1, 0.15) is 35.8 Å². The monoisotopic (exact) mass is 335 g/mol. The number of ether oxygens (including phenoxy) is 3. The van der Waals surface area contributed by atoms with Gasteiger partial charge >= 0.3 is 5.97 Å². The van der Waals surface area contributed by atoms with Gasteiger partial charge in [0.15, 0.2) is 0 Å². The molecule has 0 radical (unpaired) electrons. The Hall–Kier alpha value is -2.05. The molecular weight excluding hydrogens is 310 g/mol. The molecule has 0 fully saturated rings. The average molecular weight is 335 g/mol. The standard InChI is InChI=1S/C18H25NO5/c1-12(2)15-11-14(24-8-7-23-6-5-22-4)9-13-10-16(18(20)21)19(3)17(13)15/h9-12H,5-8H2,1-4H3,(H,20,21). The molecule has 0 aliphatic carbocycles. The van der Waals surface area contributed by atoms with Crippen LogP contribution in [-0.4, -0.2) is 49.2 Å². The maximum Gasteiger partial charge on any atom is 0.352 e. The predicted octanol–water partition coefficient (Wildman–Crippen LogP) is 3.04. The van der Waals surface area contributed by atoms with Gasteiger partial charge in [0.1, 0.15) is 18.1 Å². The van der Waals surface area contributed by atoms with Crippen LogP contribution in [0.15, 0.2) is 18.2 Å². The molecule has 2 rings (SSSR count). The van der Waals surface area contributed by atoms with Crippen molar-refractivity contribution in [1.29, 1.82) is 0 Å². The quantitative estimate of drug-likeness (QED) is 0.713. The zero-order valence-corrected chi connectivity index (χ0v) is 14.7. The number of fused-ring (bicyclic) bond motifs is 1. The van der Waals surface area contributed by atoms with Crippen molar-refractivity contribution >= 4 is 16.9 Å². The summed E-state index contributed by atoms with van der Waals surface area (Å²) >= 11 is 0. The lowest BCUT2D eigenvalue weighted by Crippen LogP contribution is -2.10. The minimum Gasteiger partial charge on any atom is -0.491 e. The van der Waals surface area contributed by atoms with E-state index in [4.69, 9.17) is 14.2 Å². The Morgan fingerprint density at radius 3 is 2.50 bits per heavy atom. The number of hydrogen-bond donors (Lipinski definition) is 1. The van der Waals surface area contributed by atoms with Crippen molar-refractivity contribution < 1.29 is 24.1 Å². The van der Waals surface area contributed by atoms with Gasteiger partial charge in [0, 0.05) is 19.5 Å². The number of nitrogens with zero attached hydrogens (tertiary/aromatic N) is 1. The Bertz CT molecular complexity index is 705. The molecular formula is C18H25NO5. The van der Waals surface area contributed by atoms with Gasteiger partial charge in [-0.15, -0.1) is 0 Å². The maximum atomic E-state index is 11.4. The number of carboxylic acids is 1. The van der Waals surface area contributed by atoms with E-state index in [-0.39, 0.29) is 11.6 Å². The van der Waals surface area contributed by atoms with Crippen LogP contribution in [0.4, 0.5) is 0 Å². The molecule has 0 spiro atoms. The highest BCUT2D eigenvalue weighted by Crippen LogP contribution is 2.32. The highest BCUT2D eigenvalue weighted by Gasteiger charge is 2.17. The van der Waals surface area contributed by atoms with Gasteiger partial charge in [-0.1, -0.05) is 13.8 Å². The van der Waals surface area contributed by atoms with E-state index in [1.165, 1.54) is 0 Å². The van der Waals surface area contributed by atoms with E-state index in [9.17, 15) is 9.90 Å². The summed E-state index contributed by atoms with van der Waals surface area (Å²) in [4.78, 5) is 11.4. The number of benzene rings is 1. The summed E-state index contributed by atoms with van der Waals surface area (Å²) in [7, 11) is 3.41. The number of hydrogen-bond acceptors (Lipinski definition) is 4. The minimum absolute atomic E-state index is 0.254. The second-order valence-corrected chi connectivity index (χ2v) is 5.95. The molecule has 0 aliphatic heterocycles. The van der Waals surface area contributed by atoms with Crippen molar-refractivity contribution in [3.63, 3.8) is 0 Å². The van der Waals surface area contributed by atoms with Crippen LogP contribution >= 0.6 is 0 Å². The average Bonchev–Trinajstić information content (AvgIpc) is 2.87. The van der Waals surface area contributed by atoms with Gasteiger partial charge in [0.2, 0.25) is 0 Å². The third-order valence-corrected chi connectivity index (χ3v) is 3.90. The van der Waals surface area contributed by atoms with Gasteiger partial charge in [-0.25, -0.2) is 4.79 Å². The second-order valence-electron chi connectivity index (χ2n) is 5.95. The fourth-order valence-corrected chi connectivity index (χ4v) is 2.70. The number of carbonyl (C=O) groups is 1. The first-order valence-corrected chi connectivity index (χ1v) is 8.01. The van der Waals surface area contributed by atoms with Crippen LogP contribution in [0.25, 0.3) is 10.9 Å². The Morgan fingerprint density at radius 1 is 1.17 bits per heavy atom. The first-order chi connectivity index (χ1) is 11.5. The maximum absolute atomic E-state index is 11.4. The summed E-state index contributed by atoms with van der Waals surface area (Å²) < 4.78 is 17.8. The third kappa shape index (κ3) is 4.07. The fraction of sp³-hybridized carbons (Fsp3) is 0.500. The van der Waals surface area contributed by atoms with Gasteiger partial charge in [0.25, 0.3) is 0 Å². The molecule has 0 saturated heterocycles. The SMILES string of the molecule is COCCOCCOc1cc(C(C)C)c2c(c1)cc(C(=O)O)n2C. The summed E-state index contributed by atoms with van der Waals surface area (Å²) in [5.41, 5.74) is 2.27. The Morgan fingerprint density at radius 2 is 1.88 bits per heavy atom. The summed E-state index contributed by atoms with van der Waals surface area (Å²) in [6, 6.07) is 5.54. The van der Waals surface area contributed by atoms with Crippen molar-refractivity contribution in [2.75, 3.05) is 33.5 Å². The topological polar surface area (TPSA) is 69.9 Å². The van der Waals surface area contributed by atoms with E-state index in [2.05, 4.69) is 13.8 Å². The van der Waals surface area contributed by atoms with E-state index >= 15 is 0 Å². The molecule has 1 heterocycles. The van der Waals surface area contributed by atoms with Gasteiger partial charge in [0.05, 0.1) is 25.3 Å². The van der Waals surface area contributed by atoms with E-state index < -0.39 is 5.97 Å². The summed E-state index contributed by atoms with van der Waals surface area (Å²) in [5, 5.41) is 10.2. The van der Waals surface area contributed by atoms with E-state index in [0.717, 1.165) is 22.2 Å². The predicted molar refractivity (Wildman–Crippen MR) is 92.2 cm³/mol. The molecule has 0 amide bonds. The molecule has 0 unspecified atom stereocenters. The third-order valence-electron chi connectivity index (χ3n) is 3.90. The van der Waals surface area contributed by atoms with Crippen molar-refractivity contribution in [1.82, 2.24) is 4.57 Å². The van der Waals surface area contributed by atoms with Crippen molar-refractivity contribution in [3.8, 4) is 5.75 Å². The van der Waals surface area contributed by atoms with Gasteiger partial charge < -0.3 is 23.9 Å². The van der Waals surface area contributed by atoms with E-state index in [0.29, 0.717) is 26.4 Å². The highest BCUT2D eigenvalue weighted by molar-refractivity contribution is 5.96. The Kier molecular flexibility index (Phi) is 6.23. The number of carboxylic acid groups (broad SMARTS) is 1. The molecule has 1 N–H and O–H groups in total. The smallest absolute Gasteiger partial charge is 0.352 e. The van der Waals surface area contributed by atoms with E-state index in [1.807, 2.05) is 12.1 Å². The molecule has 1 aromatic heterocycles. The molecule has 0 atom stereocenters. The van der Waals surface area contributed by atoms with Crippen LogP contribution in [0.3, 0.4) is 0 Å². The van der Waals surface area contributed by atoms with Crippen molar-refractivity contribution in [3.05, 3.63) is 29.5 Å². The first kappa shape index (κ1) is 18.3. The lowest BCUT2D eigenvalue weighted by atomic mass is 10.00. The molecule has 132 valence electrons. The molecule has 1 aromatic carbocycles. The largest absolute Gasteiger partial charge is 0.491 e. The normalized spacial score (nSPS) is 11.4. The lowest BCUT2D eigenvalue weighted by molar-refractivity contribution is 0.0544. The Labute approximate surface area is 141 Å². The Balaban J connectivity index is 2.21. The van der Waals surface area contributed by atoms with Crippen LogP contribution in [0.5, 0.6) is 5.75 Å². The van der Waals surface area contributed by atoms with Crippen LogP contribution in [0.2, 0.25) is 0 Å². The lowest BCUT2D eigenvalue weighted by Gasteiger charge is -2.14. The summed E-state index contributed by atoms with van der Waals surface area (Å²) in [6.45, 7) is 6.18. The fourth-order valence-electron chi connectivity index (χ4n) is 2.70. The molecule has 24 heavy (non-hydrogen) atoms. The minimum atomic E-state index is -0.933. The van der Waals surface area contributed by atoms with Gasteiger partial charge in [-0.05, 0) is 29.7 Å². The molecule has 6 nitrogen and oxygen atoms in total. The molecule has 0 bridgehead atoms. The summed E-state index contributed by atoms with van der Waals surface area (Å²) in [5.74, 6) is 0.0470. The molecule has 0 aliphatic rings. The van der Waals surface area contributed by atoms with Crippen LogP contribution < -0.4 is 4.74 Å². The molecule has 2 aromatic rings. The first-order valence-electron chi connectivity index (χ1n) is 8.01. The van der Waals surface area contributed by atoms with Gasteiger partial charge in [-0.3, -0.25) is 0 Å². The zero-order chi connectivity index (χ0) is 17.7. The summed E-state index contributed by atoms with van der Waals surface area (Å²) in [6.07, 6.45) is 0. The zero-order valence-electron chi connectivity index (χ0n) is 14.7. The van der Waals surface area contributed by atoms with Crippen molar-refractivity contribution in [2.24, 2.45) is 7.05 Å². The van der Waals surface area contributed by atoms with E-state index in [1.54, 1.807) is 24.8 Å². The number of rotatable bonds is 9. The number of aromatic nitrogens is 1. The highest BCUT2D eigenvalue weighted by atomic mass is 16.5. The van der Waals surface area contributed by atoms with Crippen LogP contribution in [0, 0.1) is 0 Å². The van der Waals surface area contributed by atoms with Gasteiger partial charge in [-0.2, -0.15) is 0 Å². The van der Waals surface area contributed by atoms with Crippen LogP contribution in [-0.2, 0) is 16.5 Å². The second kappa shape index (κ2) is 8.17. The van der Waals surface area contributed by atoms with Crippen molar-refractivity contribution in [2.45, 2.75) is 19.8 Å². The molecule has 0 saturated carbocycles. The molecule has 6 heteroatoms. The number of methoxy groups -OCH3 is 1.